The van der Waals surface area contributed by atoms with E-state index in [1.807, 2.05) is 0 Å². The molecular formula is C50H91NO5. The Kier molecular flexibility index (Phi) is 42.2. The molecule has 0 saturated heterocycles. The predicted octanol–water partition coefficient (Wildman–Crippen LogP) is 13.9. The Morgan fingerprint density at radius 1 is 0.536 bits per heavy atom. The maximum Gasteiger partial charge on any atom is 0.306 e. The summed E-state index contributed by atoms with van der Waals surface area (Å²) in [6, 6.07) is -0.708. The predicted molar refractivity (Wildman–Crippen MR) is 241 cm³/mol. The number of hydrogen-bond donors (Lipinski definition) is 3. The number of aliphatic hydroxyl groups excluding tert-OH is 2. The highest BCUT2D eigenvalue weighted by Crippen LogP contribution is 2.17. The van der Waals surface area contributed by atoms with Crippen LogP contribution < -0.4 is 5.32 Å². The van der Waals surface area contributed by atoms with E-state index >= 15 is 0 Å². The van der Waals surface area contributed by atoms with Crippen LogP contribution in [0.15, 0.2) is 48.6 Å². The number of aliphatic hydroxyl groups is 2. The molecule has 0 heterocycles. The van der Waals surface area contributed by atoms with Gasteiger partial charge in [-0.3, -0.25) is 9.59 Å². The molecule has 56 heavy (non-hydrogen) atoms. The van der Waals surface area contributed by atoms with Crippen molar-refractivity contribution >= 4 is 11.9 Å². The van der Waals surface area contributed by atoms with Crippen molar-refractivity contribution in [3.05, 3.63) is 48.6 Å². The second kappa shape index (κ2) is 43.9. The molecule has 0 aromatic carbocycles. The number of nitrogens with one attached hydrogen (secondary N) is 1. The van der Waals surface area contributed by atoms with E-state index in [4.69, 9.17) is 4.74 Å². The molecule has 3 N–H and O–H groups in total. The zero-order valence-electron chi connectivity index (χ0n) is 37.0. The van der Waals surface area contributed by atoms with Gasteiger partial charge in [-0.1, -0.05) is 204 Å². The number of ether oxygens (including phenoxy) is 1. The number of carbonyl (C=O) groups is 2. The van der Waals surface area contributed by atoms with E-state index in [1.165, 1.54) is 96.3 Å². The number of esters is 1. The van der Waals surface area contributed by atoms with Gasteiger partial charge in [-0.05, 0) is 64.2 Å². The summed E-state index contributed by atoms with van der Waals surface area (Å²) in [4.78, 5) is 26.0. The van der Waals surface area contributed by atoms with E-state index in [-0.39, 0.29) is 24.9 Å². The number of amides is 1. The normalized spacial score (nSPS) is 13.7. The van der Waals surface area contributed by atoms with Crippen molar-refractivity contribution in [3.8, 4) is 0 Å². The van der Waals surface area contributed by atoms with Crippen LogP contribution in [-0.4, -0.2) is 46.9 Å². The summed E-state index contributed by atoms with van der Waals surface area (Å²) in [6.07, 6.45) is 51.7. The van der Waals surface area contributed by atoms with E-state index in [9.17, 15) is 19.8 Å². The zero-order valence-corrected chi connectivity index (χ0v) is 37.0. The van der Waals surface area contributed by atoms with Gasteiger partial charge in [-0.2, -0.15) is 0 Å². The van der Waals surface area contributed by atoms with Crippen molar-refractivity contribution < 1.29 is 24.5 Å². The van der Waals surface area contributed by atoms with Gasteiger partial charge in [-0.15, -0.1) is 0 Å². The van der Waals surface area contributed by atoms with Crippen LogP contribution in [0, 0.1) is 0 Å². The first-order chi connectivity index (χ1) is 27.5. The topological polar surface area (TPSA) is 95.9 Å². The molecule has 0 aromatic heterocycles. The van der Waals surface area contributed by atoms with Crippen molar-refractivity contribution in [3.63, 3.8) is 0 Å². The summed E-state index contributed by atoms with van der Waals surface area (Å²) in [5.41, 5.74) is 0. The monoisotopic (exact) mass is 786 g/mol. The van der Waals surface area contributed by atoms with Gasteiger partial charge in [0.05, 0.1) is 25.2 Å². The van der Waals surface area contributed by atoms with Crippen molar-refractivity contribution in [2.75, 3.05) is 6.61 Å². The quantitative estimate of drug-likeness (QED) is 0.0248. The summed E-state index contributed by atoms with van der Waals surface area (Å²) in [7, 11) is 0. The molecule has 0 saturated carbocycles. The average Bonchev–Trinajstić information content (AvgIpc) is 3.19. The molecule has 0 aliphatic carbocycles. The Balaban J connectivity index is 4.61. The van der Waals surface area contributed by atoms with Crippen LogP contribution in [0.5, 0.6) is 0 Å². The van der Waals surface area contributed by atoms with Crippen molar-refractivity contribution in [1.29, 1.82) is 0 Å². The lowest BCUT2D eigenvalue weighted by Gasteiger charge is -2.24. The Labute approximate surface area is 346 Å². The fourth-order valence-corrected chi connectivity index (χ4v) is 7.06. The van der Waals surface area contributed by atoms with Crippen LogP contribution in [0.2, 0.25) is 0 Å². The zero-order chi connectivity index (χ0) is 41.0. The van der Waals surface area contributed by atoms with Crippen LogP contribution in [-0.2, 0) is 14.3 Å². The Hall–Kier alpha value is -2.18. The van der Waals surface area contributed by atoms with Crippen molar-refractivity contribution in [2.45, 2.75) is 251 Å². The average molecular weight is 786 g/mol. The third-order valence-corrected chi connectivity index (χ3v) is 10.7. The van der Waals surface area contributed by atoms with E-state index in [0.717, 1.165) is 89.9 Å². The molecule has 3 atom stereocenters. The van der Waals surface area contributed by atoms with Gasteiger partial charge >= 0.3 is 5.97 Å². The summed E-state index contributed by atoms with van der Waals surface area (Å²) >= 11 is 0. The fraction of sp³-hybridized carbons (Fsp3) is 0.800. The lowest BCUT2D eigenvalue weighted by atomic mass is 10.0. The van der Waals surface area contributed by atoms with Gasteiger partial charge in [0.15, 0.2) is 0 Å². The lowest BCUT2D eigenvalue weighted by molar-refractivity contribution is -0.151. The number of carbonyl (C=O) groups excluding carboxylic acids is 2. The van der Waals surface area contributed by atoms with E-state index in [2.05, 4.69) is 74.7 Å². The van der Waals surface area contributed by atoms with Crippen LogP contribution in [0.25, 0.3) is 0 Å². The third-order valence-electron chi connectivity index (χ3n) is 10.7. The van der Waals surface area contributed by atoms with Crippen LogP contribution in [0.1, 0.15) is 233 Å². The summed E-state index contributed by atoms with van der Waals surface area (Å²) in [5, 5.41) is 23.7. The Morgan fingerprint density at radius 2 is 1.00 bits per heavy atom. The maximum atomic E-state index is 13.1. The molecule has 0 radical (unpaired) electrons. The standard InChI is InChI=1S/C50H91NO5/c1-4-7-10-13-16-19-22-24-27-29-32-35-38-41-46(56-50(55)43-40-37-34-31-26-21-18-15-12-9-6-3)44-49(54)51-47(45-52)48(53)42-39-36-33-30-28-25-23-20-17-14-11-8-5-2/h7,10,13,15-16,18-19,22,46-48,52-53H,4-6,8-9,11-12,14,17,20-21,23-45H2,1-3H3,(H,51,54)/b10-7+,16-13+,18-15-,22-19+. The summed E-state index contributed by atoms with van der Waals surface area (Å²) in [5.74, 6) is -0.505. The lowest BCUT2D eigenvalue weighted by Crippen LogP contribution is -2.46. The Bertz CT molecular complexity index is 972. The molecule has 6 heteroatoms. The molecular weight excluding hydrogens is 695 g/mol. The SMILES string of the molecule is CC/C=C/C=C/C=C/CCCCCCCC(CC(=O)NC(CO)C(O)CCCCCCCCCCCCCCC)OC(=O)CCCCCCC/C=C\CCCC. The number of hydrogen-bond acceptors (Lipinski definition) is 5. The van der Waals surface area contributed by atoms with Crippen LogP contribution >= 0.6 is 0 Å². The number of unbranched alkanes of at least 4 members (excludes halogenated alkanes) is 24. The minimum Gasteiger partial charge on any atom is -0.462 e. The fourth-order valence-electron chi connectivity index (χ4n) is 7.06. The molecule has 0 aliphatic rings. The third kappa shape index (κ3) is 38.7. The number of allylic oxidation sites excluding steroid dienone is 8. The van der Waals surface area contributed by atoms with Gasteiger partial charge in [0.2, 0.25) is 5.91 Å². The molecule has 3 unspecified atom stereocenters. The van der Waals surface area contributed by atoms with Gasteiger partial charge in [0.25, 0.3) is 0 Å². The molecule has 326 valence electrons. The maximum absolute atomic E-state index is 13.1. The van der Waals surface area contributed by atoms with E-state index in [1.54, 1.807) is 0 Å². The van der Waals surface area contributed by atoms with E-state index in [0.29, 0.717) is 19.3 Å². The second-order valence-corrected chi connectivity index (χ2v) is 16.2. The molecule has 0 fully saturated rings. The van der Waals surface area contributed by atoms with Crippen LogP contribution in [0.4, 0.5) is 0 Å². The van der Waals surface area contributed by atoms with Gasteiger partial charge in [-0.25, -0.2) is 0 Å². The molecule has 0 aliphatic heterocycles. The molecule has 1 amide bonds. The molecule has 6 nitrogen and oxygen atoms in total. The molecule has 0 aromatic rings. The largest absolute Gasteiger partial charge is 0.462 e. The number of rotatable bonds is 42. The molecule has 0 rings (SSSR count). The minimum atomic E-state index is -0.793. The summed E-state index contributed by atoms with van der Waals surface area (Å²) in [6.45, 7) is 6.30. The molecule has 0 spiro atoms. The minimum absolute atomic E-state index is 0.0607. The van der Waals surface area contributed by atoms with Crippen LogP contribution in [0.3, 0.4) is 0 Å². The van der Waals surface area contributed by atoms with Gasteiger partial charge < -0.3 is 20.3 Å². The van der Waals surface area contributed by atoms with Crippen molar-refractivity contribution in [1.82, 2.24) is 5.32 Å². The Morgan fingerprint density at radius 3 is 1.55 bits per heavy atom. The highest BCUT2D eigenvalue weighted by molar-refractivity contribution is 5.77. The van der Waals surface area contributed by atoms with Gasteiger partial charge in [0.1, 0.15) is 6.10 Å². The highest BCUT2D eigenvalue weighted by atomic mass is 16.5. The molecule has 0 bridgehead atoms. The van der Waals surface area contributed by atoms with Gasteiger partial charge in [0, 0.05) is 6.42 Å². The van der Waals surface area contributed by atoms with E-state index < -0.39 is 18.2 Å². The summed E-state index contributed by atoms with van der Waals surface area (Å²) < 4.78 is 5.89. The highest BCUT2D eigenvalue weighted by Gasteiger charge is 2.24. The first kappa shape index (κ1) is 53.8. The second-order valence-electron chi connectivity index (χ2n) is 16.2. The smallest absolute Gasteiger partial charge is 0.306 e. The van der Waals surface area contributed by atoms with Crippen molar-refractivity contribution in [2.24, 2.45) is 0 Å². The first-order valence-electron chi connectivity index (χ1n) is 23.9. The first-order valence-corrected chi connectivity index (χ1v) is 23.9.